The van der Waals surface area contributed by atoms with Gasteiger partial charge in [-0.3, -0.25) is 4.79 Å². The number of carbonyl (C=O) groups excluding carboxylic acids is 1. The van der Waals surface area contributed by atoms with Crippen molar-refractivity contribution in [2.45, 2.75) is 19.0 Å². The van der Waals surface area contributed by atoms with Crippen LogP contribution in [0.15, 0.2) is 36.5 Å². The van der Waals surface area contributed by atoms with E-state index in [1.807, 2.05) is 18.2 Å². The number of nitrogens with one attached hydrogen (secondary N) is 1. The quantitative estimate of drug-likeness (QED) is 0.833. The summed E-state index contributed by atoms with van der Waals surface area (Å²) in [7, 11) is -1.46. The first-order valence-electron chi connectivity index (χ1n) is 8.13. The molecule has 0 radical (unpaired) electrons. The van der Waals surface area contributed by atoms with Crippen molar-refractivity contribution in [3.05, 3.63) is 52.8 Å². The first-order valence-corrected chi connectivity index (χ1v) is 10.3. The van der Waals surface area contributed by atoms with Gasteiger partial charge >= 0.3 is 0 Å². The van der Waals surface area contributed by atoms with Crippen molar-refractivity contribution in [3.63, 3.8) is 0 Å². The summed E-state index contributed by atoms with van der Waals surface area (Å²) < 4.78 is 23.2. The molecular weight excluding hydrogens is 376 g/mol. The molecule has 0 spiro atoms. The summed E-state index contributed by atoms with van der Waals surface area (Å²) in [4.78, 5) is 22.4. The molecule has 9 heteroatoms. The Bertz CT molecular complexity index is 920. The van der Waals surface area contributed by atoms with Crippen LogP contribution in [0.25, 0.3) is 0 Å². The maximum absolute atomic E-state index is 12.6. The molecule has 1 unspecified atom stereocenters. The standard InChI is InChI=1S/C17H19ClN4O3S/c1-22(13-7-9-26(24,25)11-13)16(23)15-6-8-19-17(21-15)20-10-12-4-2-3-5-14(12)18/h2-6,8,13H,7,9-11H2,1H3,(H,19,20,21). The highest BCUT2D eigenvalue weighted by Crippen LogP contribution is 2.19. The molecule has 0 saturated carbocycles. The molecule has 1 aromatic heterocycles. The minimum absolute atomic E-state index is 0.00205. The second kappa shape index (κ2) is 7.59. The van der Waals surface area contributed by atoms with Crippen LogP contribution in [0, 0.1) is 0 Å². The molecule has 2 aromatic rings. The molecule has 1 N–H and O–H groups in total. The average Bonchev–Trinajstić information content (AvgIpc) is 3.00. The summed E-state index contributed by atoms with van der Waals surface area (Å²) in [6.07, 6.45) is 1.95. The average molecular weight is 395 g/mol. The summed E-state index contributed by atoms with van der Waals surface area (Å²) in [5.74, 6) is 0.0975. The molecule has 1 aliphatic heterocycles. The second-order valence-corrected chi connectivity index (χ2v) is 8.82. The number of carbonyl (C=O) groups is 1. The zero-order valence-electron chi connectivity index (χ0n) is 14.2. The molecule has 7 nitrogen and oxygen atoms in total. The van der Waals surface area contributed by atoms with Crippen LogP contribution in [-0.2, 0) is 16.4 Å². The lowest BCUT2D eigenvalue weighted by Crippen LogP contribution is -2.38. The fraction of sp³-hybridized carbons (Fsp3) is 0.353. The van der Waals surface area contributed by atoms with Crippen molar-refractivity contribution in [1.29, 1.82) is 0 Å². The third-order valence-electron chi connectivity index (χ3n) is 4.35. The van der Waals surface area contributed by atoms with E-state index >= 15 is 0 Å². The van der Waals surface area contributed by atoms with Gasteiger partial charge in [-0.25, -0.2) is 18.4 Å². The number of hydrogen-bond donors (Lipinski definition) is 1. The number of amides is 1. The van der Waals surface area contributed by atoms with Crippen LogP contribution in [0.3, 0.4) is 0 Å². The Labute approximate surface area is 157 Å². The van der Waals surface area contributed by atoms with E-state index in [4.69, 9.17) is 11.6 Å². The number of benzene rings is 1. The molecule has 26 heavy (non-hydrogen) atoms. The van der Waals surface area contributed by atoms with E-state index in [1.165, 1.54) is 17.2 Å². The predicted molar refractivity (Wildman–Crippen MR) is 100.0 cm³/mol. The SMILES string of the molecule is CN(C(=O)c1ccnc(NCc2ccccc2Cl)n1)C1CCS(=O)(=O)C1. The predicted octanol–water partition coefficient (Wildman–Crippen LogP) is 2.00. The number of anilines is 1. The van der Waals surface area contributed by atoms with E-state index in [9.17, 15) is 13.2 Å². The minimum atomic E-state index is -3.06. The molecule has 0 aliphatic carbocycles. The van der Waals surface area contributed by atoms with Crippen LogP contribution in [0.1, 0.15) is 22.5 Å². The van der Waals surface area contributed by atoms with E-state index < -0.39 is 9.84 Å². The molecule has 2 heterocycles. The molecule has 1 fully saturated rings. The van der Waals surface area contributed by atoms with Crippen molar-refractivity contribution < 1.29 is 13.2 Å². The van der Waals surface area contributed by atoms with E-state index in [0.717, 1.165) is 5.56 Å². The van der Waals surface area contributed by atoms with E-state index in [1.54, 1.807) is 13.1 Å². The van der Waals surface area contributed by atoms with Crippen molar-refractivity contribution in [2.75, 3.05) is 23.9 Å². The molecule has 1 saturated heterocycles. The van der Waals surface area contributed by atoms with Crippen LogP contribution in [0.5, 0.6) is 0 Å². The third-order valence-corrected chi connectivity index (χ3v) is 6.47. The maximum Gasteiger partial charge on any atom is 0.272 e. The summed E-state index contributed by atoms with van der Waals surface area (Å²) in [5.41, 5.74) is 1.11. The molecule has 1 aliphatic rings. The molecule has 1 aromatic carbocycles. The van der Waals surface area contributed by atoms with Gasteiger partial charge in [0.2, 0.25) is 5.95 Å². The van der Waals surface area contributed by atoms with Gasteiger partial charge in [-0.05, 0) is 24.1 Å². The van der Waals surface area contributed by atoms with Crippen molar-refractivity contribution in [3.8, 4) is 0 Å². The fourth-order valence-electron chi connectivity index (χ4n) is 2.81. The lowest BCUT2D eigenvalue weighted by atomic mass is 10.2. The molecular formula is C17H19ClN4O3S. The van der Waals surface area contributed by atoms with Gasteiger partial charge in [0.25, 0.3) is 5.91 Å². The zero-order valence-corrected chi connectivity index (χ0v) is 15.8. The maximum atomic E-state index is 12.6. The van der Waals surface area contributed by atoms with Crippen molar-refractivity contribution >= 4 is 33.3 Å². The molecule has 138 valence electrons. The molecule has 1 atom stereocenters. The fourth-order valence-corrected chi connectivity index (χ4v) is 4.78. The summed E-state index contributed by atoms with van der Waals surface area (Å²) in [6, 6.07) is 8.61. The van der Waals surface area contributed by atoms with Crippen LogP contribution < -0.4 is 5.32 Å². The van der Waals surface area contributed by atoms with E-state index in [0.29, 0.717) is 23.9 Å². The van der Waals surface area contributed by atoms with E-state index in [2.05, 4.69) is 15.3 Å². The lowest BCUT2D eigenvalue weighted by molar-refractivity contribution is 0.0741. The number of sulfone groups is 1. The van der Waals surface area contributed by atoms with Gasteiger partial charge in [-0.15, -0.1) is 0 Å². The molecule has 0 bridgehead atoms. The van der Waals surface area contributed by atoms with Gasteiger partial charge in [0.05, 0.1) is 11.5 Å². The highest BCUT2D eigenvalue weighted by molar-refractivity contribution is 7.91. The Kier molecular flexibility index (Phi) is 5.43. The number of aromatic nitrogens is 2. The van der Waals surface area contributed by atoms with E-state index in [-0.39, 0.29) is 29.1 Å². The first-order chi connectivity index (χ1) is 12.4. The van der Waals surface area contributed by atoms with Gasteiger partial charge in [-0.2, -0.15) is 0 Å². The monoisotopic (exact) mass is 394 g/mol. The Balaban J connectivity index is 1.68. The number of halogens is 1. The lowest BCUT2D eigenvalue weighted by Gasteiger charge is -2.23. The Morgan fingerprint density at radius 2 is 2.12 bits per heavy atom. The van der Waals surface area contributed by atoms with Gasteiger partial charge in [0.1, 0.15) is 5.69 Å². The molecule has 1 amide bonds. The van der Waals surface area contributed by atoms with Gasteiger partial charge in [-0.1, -0.05) is 29.8 Å². The van der Waals surface area contributed by atoms with Crippen LogP contribution in [-0.4, -0.2) is 53.8 Å². The second-order valence-electron chi connectivity index (χ2n) is 6.18. The number of rotatable bonds is 5. The smallest absolute Gasteiger partial charge is 0.272 e. The normalized spacial score (nSPS) is 18.5. The van der Waals surface area contributed by atoms with Crippen LogP contribution >= 0.6 is 11.6 Å². The third kappa shape index (κ3) is 4.31. The Morgan fingerprint density at radius 3 is 2.81 bits per heavy atom. The topological polar surface area (TPSA) is 92.3 Å². The Hall–Kier alpha value is -2.19. The molecule has 3 rings (SSSR count). The Morgan fingerprint density at radius 1 is 1.35 bits per heavy atom. The minimum Gasteiger partial charge on any atom is -0.350 e. The summed E-state index contributed by atoms with van der Waals surface area (Å²) >= 11 is 6.12. The van der Waals surface area contributed by atoms with Gasteiger partial charge < -0.3 is 10.2 Å². The highest BCUT2D eigenvalue weighted by atomic mass is 35.5. The van der Waals surface area contributed by atoms with Gasteiger partial charge in [0.15, 0.2) is 9.84 Å². The van der Waals surface area contributed by atoms with Gasteiger partial charge in [0, 0.05) is 30.9 Å². The van der Waals surface area contributed by atoms with Crippen molar-refractivity contribution in [1.82, 2.24) is 14.9 Å². The summed E-state index contributed by atoms with van der Waals surface area (Å²) in [5, 5.41) is 3.68. The number of nitrogens with zero attached hydrogens (tertiary/aromatic N) is 3. The first kappa shape index (κ1) is 18.6. The van der Waals surface area contributed by atoms with Crippen LogP contribution in [0.2, 0.25) is 5.02 Å². The van der Waals surface area contributed by atoms with Crippen LogP contribution in [0.4, 0.5) is 5.95 Å². The largest absolute Gasteiger partial charge is 0.350 e. The summed E-state index contributed by atoms with van der Waals surface area (Å²) in [6.45, 7) is 0.425. The highest BCUT2D eigenvalue weighted by Gasteiger charge is 2.33. The zero-order chi connectivity index (χ0) is 18.7. The van der Waals surface area contributed by atoms with Crippen molar-refractivity contribution in [2.24, 2.45) is 0 Å². The number of hydrogen-bond acceptors (Lipinski definition) is 6.